The largest absolute Gasteiger partial charge is 0.573 e. The van der Waals surface area contributed by atoms with Gasteiger partial charge in [0.05, 0.1) is 37.8 Å². The van der Waals surface area contributed by atoms with E-state index in [9.17, 15) is 23.1 Å². The molecule has 2 atom stereocenters. The molecule has 0 saturated carbocycles. The summed E-state index contributed by atoms with van der Waals surface area (Å²) < 4.78 is 48.5. The van der Waals surface area contributed by atoms with E-state index in [0.717, 1.165) is 11.3 Å². The van der Waals surface area contributed by atoms with Crippen molar-refractivity contribution in [2.45, 2.75) is 37.3 Å². The number of methoxy groups -OCH3 is 1. The number of halogens is 3. The van der Waals surface area contributed by atoms with Gasteiger partial charge in [-0.25, -0.2) is 9.78 Å². The molecule has 0 bridgehead atoms. The fourth-order valence-electron chi connectivity index (χ4n) is 4.37. The summed E-state index contributed by atoms with van der Waals surface area (Å²) in [5, 5.41) is 9.58. The number of imidazole rings is 1. The quantitative estimate of drug-likeness (QED) is 0.706. The highest BCUT2D eigenvalue weighted by Gasteiger charge is 2.38. The number of piperidine rings is 1. The summed E-state index contributed by atoms with van der Waals surface area (Å²) in [6.07, 6.45) is -0.859. The van der Waals surface area contributed by atoms with E-state index >= 15 is 0 Å². The molecule has 2 unspecified atom stereocenters. The number of aliphatic hydroxyl groups excluding tert-OH is 1. The number of alkyl halides is 3. The SMILES string of the molecule is COCCn1cnc(C2CC(c3ccc(OC(F)(F)F)cc3)CN(C(=O)N3CC(O)C3)C2)c1. The van der Waals surface area contributed by atoms with Gasteiger partial charge in [0.2, 0.25) is 0 Å². The first-order valence-electron chi connectivity index (χ1n) is 10.8. The number of amides is 2. The molecule has 0 aliphatic carbocycles. The van der Waals surface area contributed by atoms with Crippen LogP contribution in [0.2, 0.25) is 0 Å². The number of ether oxygens (including phenoxy) is 2. The number of rotatable bonds is 6. The second-order valence-electron chi connectivity index (χ2n) is 8.52. The van der Waals surface area contributed by atoms with Crippen LogP contribution in [0.3, 0.4) is 0 Å². The fraction of sp³-hybridized carbons (Fsp3) is 0.545. The Morgan fingerprint density at radius 1 is 1.12 bits per heavy atom. The second-order valence-corrected chi connectivity index (χ2v) is 8.52. The Morgan fingerprint density at radius 3 is 2.42 bits per heavy atom. The molecule has 8 nitrogen and oxygen atoms in total. The normalized spacial score (nSPS) is 21.7. The predicted octanol–water partition coefficient (Wildman–Crippen LogP) is 2.80. The molecule has 2 saturated heterocycles. The van der Waals surface area contributed by atoms with Crippen LogP contribution in [0, 0.1) is 0 Å². The fourth-order valence-corrected chi connectivity index (χ4v) is 4.37. The number of nitrogens with zero attached hydrogens (tertiary/aromatic N) is 4. The molecule has 2 amide bonds. The molecule has 0 spiro atoms. The maximum atomic E-state index is 13.0. The zero-order chi connectivity index (χ0) is 23.6. The average molecular weight is 468 g/mol. The van der Waals surface area contributed by atoms with Crippen molar-refractivity contribution in [2.75, 3.05) is 39.9 Å². The number of aliphatic hydroxyl groups is 1. The van der Waals surface area contributed by atoms with E-state index < -0.39 is 12.5 Å². The molecule has 2 aromatic rings. The van der Waals surface area contributed by atoms with E-state index in [1.165, 1.54) is 12.1 Å². The summed E-state index contributed by atoms with van der Waals surface area (Å²) in [7, 11) is 1.63. The number of hydrogen-bond acceptors (Lipinski definition) is 5. The molecule has 2 aliphatic rings. The van der Waals surface area contributed by atoms with Crippen LogP contribution in [-0.4, -0.2) is 82.9 Å². The number of hydrogen-bond donors (Lipinski definition) is 1. The summed E-state index contributed by atoms with van der Waals surface area (Å²) >= 11 is 0. The number of urea groups is 1. The monoisotopic (exact) mass is 468 g/mol. The molecule has 2 fully saturated rings. The molecule has 2 aliphatic heterocycles. The maximum absolute atomic E-state index is 13.0. The van der Waals surface area contributed by atoms with Gasteiger partial charge in [0, 0.05) is 44.8 Å². The van der Waals surface area contributed by atoms with Crippen LogP contribution in [0.1, 0.15) is 29.5 Å². The van der Waals surface area contributed by atoms with Crippen molar-refractivity contribution in [3.63, 3.8) is 0 Å². The molecular weight excluding hydrogens is 441 g/mol. The summed E-state index contributed by atoms with van der Waals surface area (Å²) in [4.78, 5) is 20.9. The van der Waals surface area contributed by atoms with Gasteiger partial charge in [-0.05, 0) is 24.1 Å². The minimum Gasteiger partial charge on any atom is -0.406 e. The predicted molar refractivity (Wildman–Crippen MR) is 112 cm³/mol. The Balaban J connectivity index is 1.52. The first-order valence-corrected chi connectivity index (χ1v) is 10.8. The first-order chi connectivity index (χ1) is 15.7. The van der Waals surface area contributed by atoms with Gasteiger partial charge in [0.1, 0.15) is 5.75 Å². The lowest BCUT2D eigenvalue weighted by molar-refractivity contribution is -0.274. The van der Waals surface area contributed by atoms with E-state index in [0.29, 0.717) is 45.8 Å². The van der Waals surface area contributed by atoms with E-state index in [4.69, 9.17) is 4.74 Å². The molecule has 1 aromatic heterocycles. The number of aromatic nitrogens is 2. The molecule has 3 heterocycles. The van der Waals surface area contributed by atoms with Gasteiger partial charge < -0.3 is 28.9 Å². The summed E-state index contributed by atoms with van der Waals surface area (Å²) in [6.45, 7) is 2.75. The van der Waals surface area contributed by atoms with Gasteiger partial charge in [-0.2, -0.15) is 0 Å². The molecule has 11 heteroatoms. The zero-order valence-electron chi connectivity index (χ0n) is 18.2. The third kappa shape index (κ3) is 5.77. The molecule has 0 radical (unpaired) electrons. The number of carbonyl (C=O) groups is 1. The van der Waals surface area contributed by atoms with Gasteiger partial charge in [-0.15, -0.1) is 13.2 Å². The Kier molecular flexibility index (Phi) is 6.80. The number of carbonyl (C=O) groups excluding carboxylic acids is 1. The molecular formula is C22H27F3N4O4. The van der Waals surface area contributed by atoms with Crippen molar-refractivity contribution in [3.05, 3.63) is 48.0 Å². The van der Waals surface area contributed by atoms with Crippen LogP contribution < -0.4 is 4.74 Å². The zero-order valence-corrected chi connectivity index (χ0v) is 18.2. The first kappa shape index (κ1) is 23.4. The van der Waals surface area contributed by atoms with Gasteiger partial charge in [-0.3, -0.25) is 0 Å². The molecule has 180 valence electrons. The smallest absolute Gasteiger partial charge is 0.406 e. The lowest BCUT2D eigenvalue weighted by atomic mass is 9.83. The van der Waals surface area contributed by atoms with Gasteiger partial charge in [0.25, 0.3) is 0 Å². The molecule has 1 N–H and O–H groups in total. The summed E-state index contributed by atoms with van der Waals surface area (Å²) in [5.74, 6) is -0.394. The minimum absolute atomic E-state index is 0.0335. The third-order valence-corrected chi connectivity index (χ3v) is 6.06. The Morgan fingerprint density at radius 2 is 1.79 bits per heavy atom. The van der Waals surface area contributed by atoms with Crippen molar-refractivity contribution in [1.82, 2.24) is 19.4 Å². The van der Waals surface area contributed by atoms with Crippen molar-refractivity contribution in [3.8, 4) is 5.75 Å². The number of β-amino-alcohol motifs (C(OH)–C–C–N with tert-alkyl or cyclic N) is 1. The van der Waals surface area contributed by atoms with Crippen LogP contribution in [0.5, 0.6) is 5.75 Å². The lowest BCUT2D eigenvalue weighted by Crippen LogP contribution is -2.59. The van der Waals surface area contributed by atoms with Crippen molar-refractivity contribution >= 4 is 6.03 Å². The minimum atomic E-state index is -4.75. The van der Waals surface area contributed by atoms with E-state index in [1.54, 1.807) is 35.4 Å². The second kappa shape index (κ2) is 9.60. The standard InChI is InChI=1S/C22H27F3N4O4/c1-32-7-6-27-13-20(26-14-27)17-8-16(9-28(10-17)21(31)29-11-18(30)12-29)15-2-4-19(5-3-15)33-22(23,24)25/h2-5,13-14,16-18,30H,6-12H2,1H3. The number of likely N-dealkylation sites (tertiary alicyclic amines) is 2. The Labute approximate surface area is 189 Å². The molecule has 1 aromatic carbocycles. The van der Waals surface area contributed by atoms with Crippen LogP contribution in [-0.2, 0) is 11.3 Å². The van der Waals surface area contributed by atoms with Crippen molar-refractivity contribution in [2.24, 2.45) is 0 Å². The van der Waals surface area contributed by atoms with Crippen molar-refractivity contribution < 1.29 is 32.5 Å². The van der Waals surface area contributed by atoms with Crippen LogP contribution in [0.15, 0.2) is 36.8 Å². The van der Waals surface area contributed by atoms with E-state index in [-0.39, 0.29) is 23.6 Å². The lowest BCUT2D eigenvalue weighted by Gasteiger charge is -2.43. The van der Waals surface area contributed by atoms with Gasteiger partial charge in [-0.1, -0.05) is 12.1 Å². The highest BCUT2D eigenvalue weighted by atomic mass is 19.4. The molecule has 4 rings (SSSR count). The average Bonchev–Trinajstić information content (AvgIpc) is 3.23. The van der Waals surface area contributed by atoms with Crippen molar-refractivity contribution in [1.29, 1.82) is 0 Å². The van der Waals surface area contributed by atoms with E-state index in [2.05, 4.69) is 9.72 Å². The summed E-state index contributed by atoms with van der Waals surface area (Å²) in [6, 6.07) is 5.67. The number of benzene rings is 1. The van der Waals surface area contributed by atoms with Gasteiger partial charge in [0.15, 0.2) is 0 Å². The maximum Gasteiger partial charge on any atom is 0.573 e. The Bertz CT molecular complexity index is 944. The Hall–Kier alpha value is -2.79. The van der Waals surface area contributed by atoms with Crippen LogP contribution in [0.25, 0.3) is 0 Å². The molecule has 33 heavy (non-hydrogen) atoms. The van der Waals surface area contributed by atoms with E-state index in [1.807, 2.05) is 10.8 Å². The van der Waals surface area contributed by atoms with Crippen LogP contribution >= 0.6 is 0 Å². The topological polar surface area (TPSA) is 80.1 Å². The van der Waals surface area contributed by atoms with Gasteiger partial charge >= 0.3 is 12.4 Å². The van der Waals surface area contributed by atoms with Crippen LogP contribution in [0.4, 0.5) is 18.0 Å². The summed E-state index contributed by atoms with van der Waals surface area (Å²) in [5.41, 5.74) is 1.68. The highest BCUT2D eigenvalue weighted by Crippen LogP contribution is 2.37. The highest BCUT2D eigenvalue weighted by molar-refractivity contribution is 5.75. The third-order valence-electron chi connectivity index (χ3n) is 6.06.